The Hall–Kier alpha value is -1.55. The molecule has 0 spiro atoms. The molecule has 4 heteroatoms. The van der Waals surface area contributed by atoms with Crippen molar-refractivity contribution < 1.29 is 9.53 Å². The summed E-state index contributed by atoms with van der Waals surface area (Å²) in [4.78, 5) is 14.0. The van der Waals surface area contributed by atoms with Crippen LogP contribution in [0, 0.1) is 0 Å². The van der Waals surface area contributed by atoms with Gasteiger partial charge in [-0.15, -0.1) is 0 Å². The molecule has 0 bridgehead atoms. The van der Waals surface area contributed by atoms with E-state index in [4.69, 9.17) is 4.74 Å². The second-order valence-corrected chi connectivity index (χ2v) is 4.80. The first kappa shape index (κ1) is 13.9. The van der Waals surface area contributed by atoms with E-state index in [1.165, 1.54) is 0 Å². The Bertz CT molecular complexity index is 397. The van der Waals surface area contributed by atoms with Gasteiger partial charge in [-0.25, -0.2) is 0 Å². The van der Waals surface area contributed by atoms with Crippen LogP contribution in [0.4, 0.5) is 0 Å². The highest BCUT2D eigenvalue weighted by atomic mass is 16.5. The molecule has 19 heavy (non-hydrogen) atoms. The highest BCUT2D eigenvalue weighted by Gasteiger charge is 2.16. The summed E-state index contributed by atoms with van der Waals surface area (Å²) in [7, 11) is 0. The van der Waals surface area contributed by atoms with Crippen molar-refractivity contribution in [1.82, 2.24) is 10.2 Å². The molecule has 1 saturated heterocycles. The maximum absolute atomic E-state index is 12.1. The summed E-state index contributed by atoms with van der Waals surface area (Å²) in [6.07, 6.45) is 1.48. The number of carbonyl (C=O) groups excluding carboxylic acids is 1. The molecular formula is C15H22N2O2. The average molecular weight is 262 g/mol. The maximum Gasteiger partial charge on any atom is 0.227 e. The summed E-state index contributed by atoms with van der Waals surface area (Å²) in [6.45, 7) is 6.25. The topological polar surface area (TPSA) is 41.6 Å². The van der Waals surface area contributed by atoms with Crippen LogP contribution in [0.5, 0.6) is 5.75 Å². The lowest BCUT2D eigenvalue weighted by atomic mass is 10.1. The zero-order chi connectivity index (χ0) is 13.5. The van der Waals surface area contributed by atoms with E-state index in [2.05, 4.69) is 12.2 Å². The molecule has 104 valence electrons. The predicted molar refractivity (Wildman–Crippen MR) is 75.4 cm³/mol. The van der Waals surface area contributed by atoms with Crippen LogP contribution in [-0.2, 0) is 11.2 Å². The van der Waals surface area contributed by atoms with Crippen molar-refractivity contribution in [2.75, 3.05) is 32.8 Å². The van der Waals surface area contributed by atoms with Gasteiger partial charge in [0.1, 0.15) is 5.75 Å². The Morgan fingerprint density at radius 2 is 1.95 bits per heavy atom. The first-order chi connectivity index (χ1) is 9.29. The fourth-order valence-electron chi connectivity index (χ4n) is 2.12. The van der Waals surface area contributed by atoms with Gasteiger partial charge < -0.3 is 15.0 Å². The number of hydrogen-bond acceptors (Lipinski definition) is 3. The monoisotopic (exact) mass is 262 g/mol. The number of nitrogens with one attached hydrogen (secondary N) is 1. The second kappa shape index (κ2) is 7.14. The van der Waals surface area contributed by atoms with Crippen molar-refractivity contribution in [3.05, 3.63) is 29.8 Å². The summed E-state index contributed by atoms with van der Waals surface area (Å²) in [5.74, 6) is 1.09. The molecule has 0 aromatic heterocycles. The minimum Gasteiger partial charge on any atom is -0.494 e. The molecule has 1 aliphatic heterocycles. The van der Waals surface area contributed by atoms with Gasteiger partial charge in [-0.2, -0.15) is 0 Å². The number of carbonyl (C=O) groups is 1. The smallest absolute Gasteiger partial charge is 0.227 e. The van der Waals surface area contributed by atoms with Gasteiger partial charge in [-0.05, 0) is 24.1 Å². The molecule has 0 saturated carbocycles. The summed E-state index contributed by atoms with van der Waals surface area (Å²) < 4.78 is 5.53. The summed E-state index contributed by atoms with van der Waals surface area (Å²) in [5.41, 5.74) is 1.05. The Kier molecular flexibility index (Phi) is 5.21. The van der Waals surface area contributed by atoms with Gasteiger partial charge in [0.25, 0.3) is 0 Å². The molecule has 0 atom stereocenters. The molecule has 0 unspecified atom stereocenters. The predicted octanol–water partition coefficient (Wildman–Crippen LogP) is 1.45. The highest BCUT2D eigenvalue weighted by Crippen LogP contribution is 2.13. The Morgan fingerprint density at radius 3 is 2.58 bits per heavy atom. The maximum atomic E-state index is 12.1. The lowest BCUT2D eigenvalue weighted by Gasteiger charge is -2.27. The Morgan fingerprint density at radius 1 is 1.26 bits per heavy atom. The molecule has 1 aliphatic rings. The normalized spacial score (nSPS) is 15.3. The fraction of sp³-hybridized carbons (Fsp3) is 0.533. The van der Waals surface area contributed by atoms with E-state index >= 15 is 0 Å². The molecule has 1 N–H and O–H groups in total. The van der Waals surface area contributed by atoms with Crippen LogP contribution >= 0.6 is 0 Å². The quantitative estimate of drug-likeness (QED) is 0.873. The van der Waals surface area contributed by atoms with Crippen molar-refractivity contribution in [3.63, 3.8) is 0 Å². The SMILES string of the molecule is CCCOc1ccc(CC(=O)N2CCNCC2)cc1. The Balaban J connectivity index is 1.86. The minimum atomic E-state index is 0.212. The molecule has 1 aromatic rings. The number of ether oxygens (including phenoxy) is 1. The van der Waals surface area contributed by atoms with Crippen LogP contribution in [0.2, 0.25) is 0 Å². The van der Waals surface area contributed by atoms with Crippen molar-refractivity contribution in [3.8, 4) is 5.75 Å². The number of nitrogens with zero attached hydrogens (tertiary/aromatic N) is 1. The first-order valence-corrected chi connectivity index (χ1v) is 7.00. The lowest BCUT2D eigenvalue weighted by molar-refractivity contribution is -0.131. The number of rotatable bonds is 5. The third kappa shape index (κ3) is 4.24. The van der Waals surface area contributed by atoms with Crippen molar-refractivity contribution in [2.24, 2.45) is 0 Å². The van der Waals surface area contributed by atoms with Crippen molar-refractivity contribution in [2.45, 2.75) is 19.8 Å². The highest BCUT2D eigenvalue weighted by molar-refractivity contribution is 5.78. The van der Waals surface area contributed by atoms with E-state index in [-0.39, 0.29) is 5.91 Å². The minimum absolute atomic E-state index is 0.212. The van der Waals surface area contributed by atoms with Gasteiger partial charge >= 0.3 is 0 Å². The second-order valence-electron chi connectivity index (χ2n) is 4.80. The average Bonchev–Trinajstić information content (AvgIpc) is 2.47. The third-order valence-corrected chi connectivity index (χ3v) is 3.22. The molecule has 1 heterocycles. The summed E-state index contributed by atoms with van der Waals surface area (Å²) in [5, 5.41) is 3.25. The van der Waals surface area contributed by atoms with Gasteiger partial charge in [-0.1, -0.05) is 19.1 Å². The molecule has 2 rings (SSSR count). The molecular weight excluding hydrogens is 240 g/mol. The molecule has 1 aromatic carbocycles. The standard InChI is InChI=1S/C15H22N2O2/c1-2-11-19-14-5-3-13(4-6-14)12-15(18)17-9-7-16-8-10-17/h3-6,16H,2,7-12H2,1H3. The number of amides is 1. The van der Waals surface area contributed by atoms with E-state index in [1.807, 2.05) is 29.2 Å². The van der Waals surface area contributed by atoms with Gasteiger partial charge in [0.2, 0.25) is 5.91 Å². The van der Waals surface area contributed by atoms with Crippen LogP contribution in [0.1, 0.15) is 18.9 Å². The van der Waals surface area contributed by atoms with Crippen LogP contribution in [0.15, 0.2) is 24.3 Å². The number of benzene rings is 1. The van der Waals surface area contributed by atoms with Gasteiger partial charge in [0.05, 0.1) is 13.0 Å². The third-order valence-electron chi connectivity index (χ3n) is 3.22. The van der Waals surface area contributed by atoms with E-state index in [9.17, 15) is 4.79 Å². The van der Waals surface area contributed by atoms with Crippen LogP contribution in [0.25, 0.3) is 0 Å². The molecule has 1 fully saturated rings. The van der Waals surface area contributed by atoms with Crippen LogP contribution in [0.3, 0.4) is 0 Å². The summed E-state index contributed by atoms with van der Waals surface area (Å²) in [6, 6.07) is 7.84. The zero-order valence-corrected chi connectivity index (χ0v) is 11.5. The summed E-state index contributed by atoms with van der Waals surface area (Å²) >= 11 is 0. The van der Waals surface area contributed by atoms with E-state index in [1.54, 1.807) is 0 Å². The molecule has 0 radical (unpaired) electrons. The van der Waals surface area contributed by atoms with Gasteiger partial charge in [-0.3, -0.25) is 4.79 Å². The number of piperazine rings is 1. The Labute approximate surface area is 114 Å². The van der Waals surface area contributed by atoms with Crippen molar-refractivity contribution >= 4 is 5.91 Å². The van der Waals surface area contributed by atoms with Crippen LogP contribution < -0.4 is 10.1 Å². The first-order valence-electron chi connectivity index (χ1n) is 7.00. The zero-order valence-electron chi connectivity index (χ0n) is 11.5. The van der Waals surface area contributed by atoms with E-state index in [0.717, 1.165) is 50.5 Å². The van der Waals surface area contributed by atoms with E-state index in [0.29, 0.717) is 6.42 Å². The largest absolute Gasteiger partial charge is 0.494 e. The number of hydrogen-bond donors (Lipinski definition) is 1. The molecule has 0 aliphatic carbocycles. The van der Waals surface area contributed by atoms with Crippen LogP contribution in [-0.4, -0.2) is 43.6 Å². The molecule has 1 amide bonds. The lowest BCUT2D eigenvalue weighted by Crippen LogP contribution is -2.46. The fourth-order valence-corrected chi connectivity index (χ4v) is 2.12. The van der Waals surface area contributed by atoms with E-state index < -0.39 is 0 Å². The van der Waals surface area contributed by atoms with Crippen molar-refractivity contribution in [1.29, 1.82) is 0 Å². The van der Waals surface area contributed by atoms with Gasteiger partial charge in [0.15, 0.2) is 0 Å². The molecule has 4 nitrogen and oxygen atoms in total. The van der Waals surface area contributed by atoms with Gasteiger partial charge in [0, 0.05) is 26.2 Å².